The summed E-state index contributed by atoms with van der Waals surface area (Å²) in [6.07, 6.45) is 1.24. The normalized spacial score (nSPS) is 11.5. The number of halogens is 1. The second kappa shape index (κ2) is 6.87. The first-order valence-corrected chi connectivity index (χ1v) is 8.69. The lowest BCUT2D eigenvalue weighted by atomic mass is 10.2. The molecule has 0 fully saturated rings. The molecular weight excluding hydrogens is 319 g/mol. The van der Waals surface area contributed by atoms with E-state index in [4.69, 9.17) is 0 Å². The molecule has 0 aliphatic heterocycles. The third kappa shape index (κ3) is 4.35. The molecule has 1 amide bonds. The third-order valence-electron chi connectivity index (χ3n) is 3.01. The number of rotatable bonds is 5. The molecular formula is C16H17FN2O3S. The number of benzene rings is 1. The molecule has 0 radical (unpaired) electrons. The summed E-state index contributed by atoms with van der Waals surface area (Å²) in [6.45, 7) is 3.63. The predicted molar refractivity (Wildman–Crippen MR) is 85.5 cm³/mol. The van der Waals surface area contributed by atoms with Crippen LogP contribution in [-0.2, 0) is 9.84 Å². The van der Waals surface area contributed by atoms with E-state index in [2.05, 4.69) is 10.3 Å². The van der Waals surface area contributed by atoms with Crippen molar-refractivity contribution in [2.24, 2.45) is 5.92 Å². The molecule has 5 nitrogen and oxygen atoms in total. The molecule has 0 unspecified atom stereocenters. The summed E-state index contributed by atoms with van der Waals surface area (Å²) in [4.78, 5) is 15.6. The number of pyridine rings is 1. The maximum Gasteiger partial charge on any atom is 0.260 e. The van der Waals surface area contributed by atoms with Crippen LogP contribution in [0, 0.1) is 11.9 Å². The number of hydrogen-bond donors (Lipinski definition) is 1. The third-order valence-corrected chi connectivity index (χ3v) is 5.09. The Morgan fingerprint density at radius 2 is 2.00 bits per heavy atom. The molecule has 1 N–H and O–H groups in total. The zero-order chi connectivity index (χ0) is 17.0. The van der Waals surface area contributed by atoms with E-state index in [1.807, 2.05) is 13.8 Å². The number of hydrogen-bond acceptors (Lipinski definition) is 4. The van der Waals surface area contributed by atoms with Crippen molar-refractivity contribution in [2.75, 3.05) is 11.1 Å². The Kier molecular flexibility index (Phi) is 5.10. The Bertz CT molecular complexity index is 820. The van der Waals surface area contributed by atoms with Crippen LogP contribution >= 0.6 is 0 Å². The molecule has 0 saturated heterocycles. The van der Waals surface area contributed by atoms with E-state index in [0.717, 1.165) is 0 Å². The predicted octanol–water partition coefficient (Wildman–Crippen LogP) is 2.90. The fourth-order valence-corrected chi connectivity index (χ4v) is 3.72. The second-order valence-corrected chi connectivity index (χ2v) is 7.53. The number of carbonyl (C=O) groups is 1. The fraction of sp³-hybridized carbons (Fsp3) is 0.250. The second-order valence-electron chi connectivity index (χ2n) is 5.50. The summed E-state index contributed by atoms with van der Waals surface area (Å²) in [5.41, 5.74) is 0.0750. The summed E-state index contributed by atoms with van der Waals surface area (Å²) in [5.74, 6) is -1.56. The van der Waals surface area contributed by atoms with Crippen molar-refractivity contribution in [1.82, 2.24) is 4.98 Å². The maximum absolute atomic E-state index is 13.5. The molecule has 2 rings (SSSR count). The SMILES string of the molecule is CC(C)CS(=O)(=O)c1cccc(NC(=O)c2cccnc2F)c1. The van der Waals surface area contributed by atoms with Gasteiger partial charge in [-0.2, -0.15) is 4.39 Å². The monoisotopic (exact) mass is 336 g/mol. The van der Waals surface area contributed by atoms with Gasteiger partial charge in [0.25, 0.3) is 5.91 Å². The van der Waals surface area contributed by atoms with Gasteiger partial charge in [-0.1, -0.05) is 19.9 Å². The van der Waals surface area contributed by atoms with Crippen LogP contribution in [0.3, 0.4) is 0 Å². The molecule has 7 heteroatoms. The number of nitrogens with one attached hydrogen (secondary N) is 1. The minimum Gasteiger partial charge on any atom is -0.322 e. The molecule has 1 aromatic carbocycles. The molecule has 1 aromatic heterocycles. The van der Waals surface area contributed by atoms with Crippen LogP contribution in [0.15, 0.2) is 47.5 Å². The largest absolute Gasteiger partial charge is 0.322 e. The number of aromatic nitrogens is 1. The van der Waals surface area contributed by atoms with E-state index in [0.29, 0.717) is 0 Å². The molecule has 0 bridgehead atoms. The Labute approximate surface area is 134 Å². The minimum absolute atomic E-state index is 0.0114. The number of sulfone groups is 1. The maximum atomic E-state index is 13.5. The van der Waals surface area contributed by atoms with Gasteiger partial charge in [0.15, 0.2) is 9.84 Å². The number of amides is 1. The van der Waals surface area contributed by atoms with Crippen LogP contribution in [0.1, 0.15) is 24.2 Å². The lowest BCUT2D eigenvalue weighted by molar-refractivity contribution is 0.102. The van der Waals surface area contributed by atoms with Gasteiger partial charge in [-0.15, -0.1) is 0 Å². The first-order chi connectivity index (χ1) is 10.8. The van der Waals surface area contributed by atoms with Gasteiger partial charge in [-0.3, -0.25) is 4.79 Å². The highest BCUT2D eigenvalue weighted by atomic mass is 32.2. The van der Waals surface area contributed by atoms with Gasteiger partial charge in [0.2, 0.25) is 5.95 Å². The summed E-state index contributed by atoms with van der Waals surface area (Å²) in [5, 5.41) is 2.48. The highest BCUT2D eigenvalue weighted by molar-refractivity contribution is 7.91. The highest BCUT2D eigenvalue weighted by Gasteiger charge is 2.18. The topological polar surface area (TPSA) is 76.1 Å². The molecule has 23 heavy (non-hydrogen) atoms. The molecule has 0 atom stereocenters. The van der Waals surface area contributed by atoms with Crippen LogP contribution < -0.4 is 5.32 Å². The van der Waals surface area contributed by atoms with E-state index >= 15 is 0 Å². The molecule has 0 saturated carbocycles. The molecule has 122 valence electrons. The first-order valence-electron chi connectivity index (χ1n) is 7.04. The van der Waals surface area contributed by atoms with Gasteiger partial charge >= 0.3 is 0 Å². The quantitative estimate of drug-likeness (QED) is 0.852. The van der Waals surface area contributed by atoms with Crippen molar-refractivity contribution in [3.05, 3.63) is 54.1 Å². The van der Waals surface area contributed by atoms with Crippen LogP contribution in [0.4, 0.5) is 10.1 Å². The first kappa shape index (κ1) is 17.1. The van der Waals surface area contributed by atoms with Crippen molar-refractivity contribution >= 4 is 21.4 Å². The lowest BCUT2D eigenvalue weighted by Crippen LogP contribution is -2.15. The smallest absolute Gasteiger partial charge is 0.260 e. The van der Waals surface area contributed by atoms with Crippen LogP contribution in [-0.4, -0.2) is 25.1 Å². The summed E-state index contributed by atoms with van der Waals surface area (Å²) in [6, 6.07) is 8.66. The zero-order valence-corrected chi connectivity index (χ0v) is 13.6. The van der Waals surface area contributed by atoms with E-state index in [1.54, 1.807) is 6.07 Å². The number of carbonyl (C=O) groups excluding carboxylic acids is 1. The van der Waals surface area contributed by atoms with Crippen molar-refractivity contribution in [2.45, 2.75) is 18.7 Å². The average Bonchev–Trinajstić information content (AvgIpc) is 2.46. The van der Waals surface area contributed by atoms with Crippen molar-refractivity contribution in [3.8, 4) is 0 Å². The molecule has 0 aliphatic rings. The van der Waals surface area contributed by atoms with Gasteiger partial charge in [0.1, 0.15) is 0 Å². The summed E-state index contributed by atoms with van der Waals surface area (Å²) in [7, 11) is -3.43. The summed E-state index contributed by atoms with van der Waals surface area (Å²) >= 11 is 0. The lowest BCUT2D eigenvalue weighted by Gasteiger charge is -2.10. The Hall–Kier alpha value is -2.28. The van der Waals surface area contributed by atoms with Crippen LogP contribution in [0.2, 0.25) is 0 Å². The Morgan fingerprint density at radius 3 is 2.65 bits per heavy atom. The molecule has 0 spiro atoms. The highest BCUT2D eigenvalue weighted by Crippen LogP contribution is 2.19. The Balaban J connectivity index is 2.24. The van der Waals surface area contributed by atoms with Gasteiger partial charge in [-0.25, -0.2) is 13.4 Å². The van der Waals surface area contributed by atoms with Gasteiger partial charge in [-0.05, 0) is 36.2 Å². The van der Waals surface area contributed by atoms with E-state index in [9.17, 15) is 17.6 Å². The van der Waals surface area contributed by atoms with Crippen molar-refractivity contribution < 1.29 is 17.6 Å². The van der Waals surface area contributed by atoms with Crippen molar-refractivity contribution in [3.63, 3.8) is 0 Å². The molecule has 2 aromatic rings. The van der Waals surface area contributed by atoms with Crippen molar-refractivity contribution in [1.29, 1.82) is 0 Å². The zero-order valence-electron chi connectivity index (χ0n) is 12.8. The standard InChI is InChI=1S/C16H17FN2O3S/c1-11(2)10-23(21,22)13-6-3-5-12(9-13)19-16(20)14-7-4-8-18-15(14)17/h3-9,11H,10H2,1-2H3,(H,19,20). The van der Waals surface area contributed by atoms with E-state index in [1.165, 1.54) is 36.5 Å². The molecule has 0 aliphatic carbocycles. The van der Waals surface area contributed by atoms with Gasteiger partial charge < -0.3 is 5.32 Å². The average molecular weight is 336 g/mol. The van der Waals surface area contributed by atoms with Crippen LogP contribution in [0.25, 0.3) is 0 Å². The van der Waals surface area contributed by atoms with E-state index in [-0.39, 0.29) is 27.8 Å². The molecule has 1 heterocycles. The number of nitrogens with zero attached hydrogens (tertiary/aromatic N) is 1. The van der Waals surface area contributed by atoms with Crippen LogP contribution in [0.5, 0.6) is 0 Å². The van der Waals surface area contributed by atoms with E-state index < -0.39 is 21.7 Å². The summed E-state index contributed by atoms with van der Waals surface area (Å²) < 4.78 is 37.9. The fourth-order valence-electron chi connectivity index (χ4n) is 2.06. The number of anilines is 1. The van der Waals surface area contributed by atoms with Gasteiger partial charge in [0, 0.05) is 11.9 Å². The van der Waals surface area contributed by atoms with Gasteiger partial charge in [0.05, 0.1) is 16.2 Å². The minimum atomic E-state index is -3.43. The Morgan fingerprint density at radius 1 is 1.26 bits per heavy atom.